The van der Waals surface area contributed by atoms with Crippen LogP contribution in [0.5, 0.6) is 11.5 Å². The third-order valence-corrected chi connectivity index (χ3v) is 9.19. The molecule has 38 heavy (non-hydrogen) atoms. The zero-order valence-electron chi connectivity index (χ0n) is 23.0. The van der Waals surface area contributed by atoms with Gasteiger partial charge in [0.1, 0.15) is 11.5 Å². The van der Waals surface area contributed by atoms with Crippen molar-refractivity contribution < 1.29 is 28.1 Å². The number of piperidine rings is 1. The second kappa shape index (κ2) is 12.6. The molecular formula is C28H40N3O6P. The number of carbonyl (C=O) groups excluding carboxylic acids is 1. The average molecular weight is 546 g/mol. The van der Waals surface area contributed by atoms with Crippen LogP contribution in [0, 0.1) is 0 Å². The highest BCUT2D eigenvalue weighted by Crippen LogP contribution is 2.48. The van der Waals surface area contributed by atoms with Gasteiger partial charge in [-0.1, -0.05) is 12.1 Å². The Morgan fingerprint density at radius 2 is 1.74 bits per heavy atom. The largest absolute Gasteiger partial charge is 0.497 e. The quantitative estimate of drug-likeness (QED) is 0.471. The van der Waals surface area contributed by atoms with Crippen LogP contribution in [0.1, 0.15) is 30.1 Å². The first-order valence-electron chi connectivity index (χ1n) is 13.1. The van der Waals surface area contributed by atoms with Crippen molar-refractivity contribution in [1.29, 1.82) is 0 Å². The van der Waals surface area contributed by atoms with Crippen LogP contribution in [0.3, 0.4) is 0 Å². The Morgan fingerprint density at radius 1 is 1.05 bits per heavy atom. The molecule has 1 N–H and O–H groups in total. The summed E-state index contributed by atoms with van der Waals surface area (Å²) >= 11 is 0. The van der Waals surface area contributed by atoms with E-state index >= 15 is 0 Å². The van der Waals surface area contributed by atoms with Gasteiger partial charge in [-0.2, -0.15) is 0 Å². The number of nitrogens with one attached hydrogen (secondary N) is 1. The first-order valence-corrected chi connectivity index (χ1v) is 15.1. The van der Waals surface area contributed by atoms with E-state index in [0.717, 1.165) is 24.2 Å². The van der Waals surface area contributed by atoms with Gasteiger partial charge >= 0.3 is 0 Å². The number of benzene rings is 2. The first kappa shape index (κ1) is 28.6. The molecule has 3 unspecified atom stereocenters. The Bertz CT molecular complexity index is 1120. The number of ether oxygens (including phenoxy) is 3. The molecule has 2 aliphatic heterocycles. The fraction of sp³-hybridized carbons (Fsp3) is 0.536. The molecule has 2 fully saturated rings. The summed E-state index contributed by atoms with van der Waals surface area (Å²) in [6, 6.07) is 13.2. The van der Waals surface area contributed by atoms with Gasteiger partial charge in [0.05, 0.1) is 33.0 Å². The molecule has 0 radical (unpaired) electrons. The molecule has 208 valence electrons. The van der Waals surface area contributed by atoms with Crippen molar-refractivity contribution in [2.24, 2.45) is 0 Å². The zero-order valence-corrected chi connectivity index (χ0v) is 23.9. The lowest BCUT2D eigenvalue weighted by molar-refractivity contribution is -0.0854. The molecule has 2 aromatic rings. The minimum Gasteiger partial charge on any atom is -0.497 e. The van der Waals surface area contributed by atoms with Crippen molar-refractivity contribution in [3.63, 3.8) is 0 Å². The maximum atomic E-state index is 13.3. The smallest absolute Gasteiger partial charge is 0.269 e. The lowest BCUT2D eigenvalue weighted by atomic mass is 10.0. The lowest BCUT2D eigenvalue weighted by Crippen LogP contribution is -2.46. The van der Waals surface area contributed by atoms with Gasteiger partial charge in [0.15, 0.2) is 0 Å². The van der Waals surface area contributed by atoms with Crippen molar-refractivity contribution >= 4 is 13.4 Å². The Hall–Kier alpha value is -2.42. The van der Waals surface area contributed by atoms with Crippen LogP contribution in [0.15, 0.2) is 42.5 Å². The maximum Gasteiger partial charge on any atom is 0.269 e. The zero-order chi connectivity index (χ0) is 27.3. The molecule has 0 aromatic heterocycles. The average Bonchev–Trinajstić information content (AvgIpc) is 2.91. The minimum atomic E-state index is -2.95. The molecule has 2 saturated heterocycles. The summed E-state index contributed by atoms with van der Waals surface area (Å²) in [5.74, 6) is 1.25. The highest BCUT2D eigenvalue weighted by molar-refractivity contribution is 7.55. The van der Waals surface area contributed by atoms with E-state index in [-0.39, 0.29) is 24.2 Å². The highest BCUT2D eigenvalue weighted by Gasteiger charge is 2.33. The normalized spacial score (nSPS) is 23.0. The Balaban J connectivity index is 1.31. The van der Waals surface area contributed by atoms with Gasteiger partial charge in [-0.05, 0) is 62.2 Å². The Kier molecular flexibility index (Phi) is 9.50. The molecule has 2 heterocycles. The molecule has 10 heteroatoms. The van der Waals surface area contributed by atoms with Crippen molar-refractivity contribution in [3.8, 4) is 22.6 Å². The predicted molar refractivity (Wildman–Crippen MR) is 148 cm³/mol. The first-order chi connectivity index (χ1) is 18.2. The van der Waals surface area contributed by atoms with Crippen LogP contribution in [0.2, 0.25) is 0 Å². The van der Waals surface area contributed by atoms with Crippen LogP contribution in [-0.4, -0.2) is 94.4 Å². The number of morpholine rings is 1. The van der Waals surface area contributed by atoms with E-state index in [1.165, 1.54) is 0 Å². The number of hydrogen-bond donors (Lipinski definition) is 1. The van der Waals surface area contributed by atoms with E-state index < -0.39 is 7.52 Å². The third kappa shape index (κ3) is 7.36. The molecule has 2 aromatic carbocycles. The third-order valence-electron chi connectivity index (χ3n) is 7.14. The number of hydrogen-bond acceptors (Lipinski definition) is 7. The standard InChI is InChI=1S/C28H40N3O6P/c1-20-17-30(2)18-27(37-20)19-36-38(5,33)31-11-9-24(10-12-31)29-28(32)22-8-6-7-21(13-22)23-14-25(34-3)16-26(15-23)35-4/h6-8,13-16,20,24,27H,9-12,17-19H2,1-5H3,(H,29,32). The van der Waals surface area contributed by atoms with E-state index in [4.69, 9.17) is 18.7 Å². The number of methoxy groups -OCH3 is 2. The van der Waals surface area contributed by atoms with E-state index in [1.54, 1.807) is 20.9 Å². The van der Waals surface area contributed by atoms with E-state index in [1.807, 2.05) is 54.1 Å². The van der Waals surface area contributed by atoms with Crippen LogP contribution in [-0.2, 0) is 13.8 Å². The van der Waals surface area contributed by atoms with Gasteiger partial charge in [-0.25, -0.2) is 4.67 Å². The van der Waals surface area contributed by atoms with Crippen molar-refractivity contribution in [2.45, 2.75) is 38.0 Å². The van der Waals surface area contributed by atoms with Crippen molar-refractivity contribution in [3.05, 3.63) is 48.0 Å². The van der Waals surface area contributed by atoms with Crippen LogP contribution >= 0.6 is 7.52 Å². The second-order valence-electron chi connectivity index (χ2n) is 10.3. The van der Waals surface area contributed by atoms with Crippen LogP contribution in [0.4, 0.5) is 0 Å². The van der Waals surface area contributed by atoms with Gasteiger partial charge in [0, 0.05) is 50.5 Å². The Labute approximate surface area is 225 Å². The summed E-state index contributed by atoms with van der Waals surface area (Å²) < 4.78 is 37.8. The van der Waals surface area contributed by atoms with Gasteiger partial charge in [0.25, 0.3) is 13.4 Å². The van der Waals surface area contributed by atoms with E-state index in [9.17, 15) is 9.36 Å². The van der Waals surface area contributed by atoms with Crippen LogP contribution < -0.4 is 14.8 Å². The summed E-state index contributed by atoms with van der Waals surface area (Å²) in [4.78, 5) is 15.3. The highest BCUT2D eigenvalue weighted by atomic mass is 31.2. The number of nitrogens with zero attached hydrogens (tertiary/aromatic N) is 2. The number of likely N-dealkylation sites (N-methyl/N-ethyl adjacent to an activating group) is 1. The molecule has 2 aliphatic rings. The molecule has 9 nitrogen and oxygen atoms in total. The van der Waals surface area contributed by atoms with Crippen LogP contribution in [0.25, 0.3) is 11.1 Å². The minimum absolute atomic E-state index is 0.00972. The SMILES string of the molecule is COc1cc(OC)cc(-c2cccc(C(=O)NC3CCN(P(C)(=O)OCC4CN(C)CC(C)O4)CC3)c2)c1. The maximum absolute atomic E-state index is 13.3. The predicted octanol–water partition coefficient (Wildman–Crippen LogP) is 4.12. The summed E-state index contributed by atoms with van der Waals surface area (Å²) in [7, 11) is 2.34. The number of amides is 1. The molecule has 1 amide bonds. The summed E-state index contributed by atoms with van der Waals surface area (Å²) in [5.41, 5.74) is 2.39. The van der Waals surface area contributed by atoms with E-state index in [2.05, 4.69) is 17.3 Å². The Morgan fingerprint density at radius 3 is 2.37 bits per heavy atom. The molecule has 0 saturated carbocycles. The molecule has 4 rings (SSSR count). The molecule has 0 aliphatic carbocycles. The number of carbonyl (C=O) groups is 1. The molecule has 0 spiro atoms. The second-order valence-corrected chi connectivity index (χ2v) is 12.7. The molecule has 3 atom stereocenters. The van der Waals surface area contributed by atoms with Gasteiger partial charge in [0.2, 0.25) is 0 Å². The molecule has 0 bridgehead atoms. The van der Waals surface area contributed by atoms with Crippen molar-refractivity contribution in [1.82, 2.24) is 14.9 Å². The van der Waals surface area contributed by atoms with E-state index in [0.29, 0.717) is 49.6 Å². The lowest BCUT2D eigenvalue weighted by Gasteiger charge is -2.38. The monoisotopic (exact) mass is 545 g/mol. The fourth-order valence-electron chi connectivity index (χ4n) is 5.13. The summed E-state index contributed by atoms with van der Waals surface area (Å²) in [5, 5.41) is 3.15. The number of rotatable bonds is 9. The van der Waals surface area contributed by atoms with Crippen molar-refractivity contribution in [2.75, 3.05) is 60.7 Å². The molecular weight excluding hydrogens is 505 g/mol. The summed E-state index contributed by atoms with van der Waals surface area (Å²) in [6.07, 6.45) is 1.47. The summed E-state index contributed by atoms with van der Waals surface area (Å²) in [6.45, 7) is 6.90. The fourth-order valence-corrected chi connectivity index (χ4v) is 6.69. The van der Waals surface area contributed by atoms with Gasteiger partial charge < -0.3 is 29.0 Å². The topological polar surface area (TPSA) is 89.6 Å². The van der Waals surface area contributed by atoms with Gasteiger partial charge in [-0.3, -0.25) is 9.36 Å². The van der Waals surface area contributed by atoms with Gasteiger partial charge in [-0.15, -0.1) is 0 Å².